The monoisotopic (exact) mass is 315 g/mol. The first-order valence-electron chi connectivity index (χ1n) is 5.06. The summed E-state index contributed by atoms with van der Waals surface area (Å²) in [5.41, 5.74) is -0.542. The summed E-state index contributed by atoms with van der Waals surface area (Å²) < 4.78 is 18.9. The van der Waals surface area contributed by atoms with Crippen LogP contribution in [-0.4, -0.2) is 21.2 Å². The van der Waals surface area contributed by atoms with Crippen molar-refractivity contribution in [3.63, 3.8) is 0 Å². The quantitative estimate of drug-likeness (QED) is 0.633. The van der Waals surface area contributed by atoms with Gasteiger partial charge in [-0.2, -0.15) is 0 Å². The molecule has 18 heavy (non-hydrogen) atoms. The molecule has 1 aromatic heterocycles. The number of rotatable bonds is 0. The molecule has 7 heteroatoms. The first-order chi connectivity index (χ1) is 8.39. The molecule has 5 nitrogen and oxygen atoms in total. The first-order valence-corrected chi connectivity index (χ1v) is 5.85. The van der Waals surface area contributed by atoms with Crippen molar-refractivity contribution < 1.29 is 19.3 Å². The molecule has 0 unspecified atom stereocenters. The van der Waals surface area contributed by atoms with E-state index in [9.17, 15) is 19.4 Å². The van der Waals surface area contributed by atoms with E-state index in [1.54, 1.807) is 0 Å². The summed E-state index contributed by atoms with van der Waals surface area (Å²) in [7, 11) is 0. The van der Waals surface area contributed by atoms with E-state index in [0.717, 1.165) is 0 Å². The Labute approximate surface area is 108 Å². The fraction of sp³-hybridized carbons (Fsp3) is 0.182. The third kappa shape index (κ3) is 1.55. The molecule has 94 valence electrons. The van der Waals surface area contributed by atoms with Gasteiger partial charge >= 0.3 is 5.97 Å². The molecule has 1 aliphatic heterocycles. The maximum absolute atomic E-state index is 13.8. The summed E-state index contributed by atoms with van der Waals surface area (Å²) in [6, 6.07) is 2.98. The molecular weight excluding hydrogens is 309 g/mol. The van der Waals surface area contributed by atoms with Crippen molar-refractivity contribution in [2.45, 2.75) is 12.4 Å². The van der Waals surface area contributed by atoms with Crippen LogP contribution in [0.25, 0.3) is 10.9 Å². The summed E-state index contributed by atoms with van der Waals surface area (Å²) in [4.78, 5) is 14.1. The van der Waals surface area contributed by atoms with Crippen molar-refractivity contribution in [2.75, 3.05) is 0 Å². The zero-order chi connectivity index (χ0) is 13.1. The van der Waals surface area contributed by atoms with Gasteiger partial charge in [0, 0.05) is 5.39 Å². The van der Waals surface area contributed by atoms with Crippen LogP contribution in [-0.2, 0) is 6.42 Å². The summed E-state index contributed by atoms with van der Waals surface area (Å²) >= 11 is 3.01. The Bertz CT molecular complexity index is 725. The number of hydrogen-bond donors (Lipinski definition) is 3. The third-order valence-corrected chi connectivity index (χ3v) is 3.41. The Morgan fingerprint density at radius 3 is 2.89 bits per heavy atom. The molecular formula is C11H7BrFNO4. The largest absolute Gasteiger partial charge is 0.438 e. The van der Waals surface area contributed by atoms with Crippen LogP contribution in [0.3, 0.4) is 0 Å². The van der Waals surface area contributed by atoms with E-state index in [2.05, 4.69) is 20.9 Å². The number of aliphatic hydroxyl groups is 2. The van der Waals surface area contributed by atoms with Gasteiger partial charge in [0.05, 0.1) is 22.0 Å². The van der Waals surface area contributed by atoms with E-state index in [1.807, 2.05) is 0 Å². The second-order valence-electron chi connectivity index (χ2n) is 4.07. The molecule has 0 amide bonds. The van der Waals surface area contributed by atoms with E-state index in [1.165, 1.54) is 12.1 Å². The van der Waals surface area contributed by atoms with Crippen LogP contribution in [0.1, 0.15) is 5.56 Å². The summed E-state index contributed by atoms with van der Waals surface area (Å²) in [6.07, 6.45) is -0.356. The third-order valence-electron chi connectivity index (χ3n) is 2.80. The number of benzene rings is 1. The zero-order valence-corrected chi connectivity index (χ0v) is 10.4. The molecule has 0 aliphatic carbocycles. The zero-order valence-electron chi connectivity index (χ0n) is 8.83. The Hall–Kier alpha value is -1.44. The normalized spacial score (nSPS) is 16.7. The number of fused-ring (bicyclic) bond motifs is 3. The number of halogens is 2. The average molecular weight is 316 g/mol. The molecule has 0 spiro atoms. The number of aromatic amines is 1. The molecule has 0 saturated heterocycles. The molecule has 3 rings (SSSR count). The summed E-state index contributed by atoms with van der Waals surface area (Å²) in [6.45, 7) is 0. The Morgan fingerprint density at radius 2 is 2.17 bits per heavy atom. The smallest absolute Gasteiger partial charge is 0.326 e. The van der Waals surface area contributed by atoms with E-state index in [0.29, 0.717) is 0 Å². The van der Waals surface area contributed by atoms with Crippen molar-refractivity contribution >= 4 is 26.8 Å². The van der Waals surface area contributed by atoms with E-state index in [-0.39, 0.29) is 33.1 Å². The van der Waals surface area contributed by atoms with Crippen molar-refractivity contribution in [1.29, 1.82) is 0 Å². The van der Waals surface area contributed by atoms with Crippen LogP contribution in [0.4, 0.5) is 4.39 Å². The van der Waals surface area contributed by atoms with Gasteiger partial charge in [-0.15, -0.1) is 0 Å². The molecule has 1 aromatic carbocycles. The van der Waals surface area contributed by atoms with Gasteiger partial charge in [-0.05, 0) is 28.1 Å². The summed E-state index contributed by atoms with van der Waals surface area (Å²) in [5, 5.41) is 19.1. The second-order valence-corrected chi connectivity index (χ2v) is 4.92. The van der Waals surface area contributed by atoms with Crippen LogP contribution in [0.5, 0.6) is 5.75 Å². The Morgan fingerprint density at radius 1 is 1.44 bits per heavy atom. The fourth-order valence-corrected chi connectivity index (χ4v) is 2.35. The molecule has 1 aliphatic rings. The Balaban J connectivity index is 2.43. The maximum atomic E-state index is 13.8. The number of pyridine rings is 1. The lowest BCUT2D eigenvalue weighted by atomic mass is 10.1. The molecule has 3 N–H and O–H groups in total. The van der Waals surface area contributed by atoms with Gasteiger partial charge in [0.1, 0.15) is 5.75 Å². The minimum absolute atomic E-state index is 0.00477. The highest BCUT2D eigenvalue weighted by atomic mass is 79.9. The van der Waals surface area contributed by atoms with Crippen molar-refractivity contribution in [3.8, 4) is 5.75 Å². The van der Waals surface area contributed by atoms with Gasteiger partial charge in [-0.1, -0.05) is 0 Å². The highest BCUT2D eigenvalue weighted by molar-refractivity contribution is 9.10. The predicted octanol–water partition coefficient (Wildman–Crippen LogP) is 1.00. The van der Waals surface area contributed by atoms with E-state index >= 15 is 0 Å². The molecule has 0 fully saturated rings. The van der Waals surface area contributed by atoms with Gasteiger partial charge in [-0.25, -0.2) is 4.39 Å². The Kier molecular flexibility index (Phi) is 2.28. The maximum Gasteiger partial charge on any atom is 0.326 e. The standard InChI is InChI=1S/C11H7BrFNO4/c12-6-2-1-4-8(7(6)13)14-10(15)5-3-11(16,17)18-9(4)5/h1-2,16-17H,3H2,(H,14,15). The minimum atomic E-state index is -2.42. The number of aromatic nitrogens is 1. The number of H-pyrrole nitrogens is 1. The predicted molar refractivity (Wildman–Crippen MR) is 63.7 cm³/mol. The van der Waals surface area contributed by atoms with Gasteiger partial charge in [0.15, 0.2) is 5.82 Å². The molecule has 0 atom stereocenters. The average Bonchev–Trinajstić information content (AvgIpc) is 2.61. The number of nitrogens with one attached hydrogen (secondary N) is 1. The fourth-order valence-electron chi connectivity index (χ4n) is 2.02. The molecule has 0 radical (unpaired) electrons. The van der Waals surface area contributed by atoms with Crippen LogP contribution in [0.2, 0.25) is 0 Å². The van der Waals surface area contributed by atoms with E-state index < -0.39 is 17.3 Å². The van der Waals surface area contributed by atoms with Crippen molar-refractivity contribution in [3.05, 3.63) is 38.3 Å². The summed E-state index contributed by atoms with van der Waals surface area (Å²) in [5.74, 6) is -3.05. The van der Waals surface area contributed by atoms with Gasteiger partial charge in [0.2, 0.25) is 0 Å². The minimum Gasteiger partial charge on any atom is -0.438 e. The number of hydrogen-bond acceptors (Lipinski definition) is 4. The van der Waals surface area contributed by atoms with Gasteiger partial charge < -0.3 is 19.9 Å². The highest BCUT2D eigenvalue weighted by Crippen LogP contribution is 2.37. The van der Waals surface area contributed by atoms with Crippen LogP contribution in [0, 0.1) is 5.82 Å². The molecule has 0 saturated carbocycles. The topological polar surface area (TPSA) is 82.6 Å². The highest BCUT2D eigenvalue weighted by Gasteiger charge is 2.38. The van der Waals surface area contributed by atoms with E-state index in [4.69, 9.17) is 4.74 Å². The van der Waals surface area contributed by atoms with Gasteiger partial charge in [-0.3, -0.25) is 4.79 Å². The SMILES string of the molecule is O=c1[nH]c2c(F)c(Br)ccc2c2c1CC(O)(O)O2. The number of ether oxygens (including phenoxy) is 1. The molecule has 2 aromatic rings. The van der Waals surface area contributed by atoms with Crippen molar-refractivity contribution in [1.82, 2.24) is 4.98 Å². The second kappa shape index (κ2) is 3.53. The molecule has 2 heterocycles. The van der Waals surface area contributed by atoms with Crippen LogP contribution < -0.4 is 10.3 Å². The van der Waals surface area contributed by atoms with Crippen molar-refractivity contribution in [2.24, 2.45) is 0 Å². The van der Waals surface area contributed by atoms with Gasteiger partial charge in [0.25, 0.3) is 5.56 Å². The lowest BCUT2D eigenvalue weighted by Crippen LogP contribution is -2.33. The lowest BCUT2D eigenvalue weighted by Gasteiger charge is -2.13. The molecule has 0 bridgehead atoms. The lowest BCUT2D eigenvalue weighted by molar-refractivity contribution is -0.278. The first kappa shape index (κ1) is 11.6. The van der Waals surface area contributed by atoms with Crippen LogP contribution in [0.15, 0.2) is 21.4 Å². The van der Waals surface area contributed by atoms with Crippen LogP contribution >= 0.6 is 15.9 Å².